The predicted molar refractivity (Wildman–Crippen MR) is 67.7 cm³/mol. The van der Waals surface area contributed by atoms with Crippen molar-refractivity contribution in [1.29, 1.82) is 0 Å². The molecule has 1 atom stereocenters. The highest BCUT2D eigenvalue weighted by Gasteiger charge is 2.16. The Morgan fingerprint density at radius 1 is 1.35 bits per heavy atom. The fourth-order valence-electron chi connectivity index (χ4n) is 2.44. The molecule has 0 spiro atoms. The summed E-state index contributed by atoms with van der Waals surface area (Å²) in [5.41, 5.74) is 7.01. The van der Waals surface area contributed by atoms with Gasteiger partial charge in [-0.2, -0.15) is 5.10 Å². The summed E-state index contributed by atoms with van der Waals surface area (Å²) in [6, 6.07) is 8.07. The number of ether oxygens (including phenoxy) is 1. The lowest BCUT2D eigenvalue weighted by molar-refractivity contribution is 0.00479. The van der Waals surface area contributed by atoms with Crippen LogP contribution < -0.4 is 5.73 Å². The van der Waals surface area contributed by atoms with E-state index in [2.05, 4.69) is 11.2 Å². The third-order valence-corrected chi connectivity index (χ3v) is 3.34. The minimum absolute atomic E-state index is 0.284. The minimum Gasteiger partial charge on any atom is -0.382 e. The first-order valence-corrected chi connectivity index (χ1v) is 6.17. The summed E-state index contributed by atoms with van der Waals surface area (Å²) in [4.78, 5) is 0. The quantitative estimate of drug-likeness (QED) is 0.862. The predicted octanol–water partition coefficient (Wildman–Crippen LogP) is 2.19. The molecule has 0 saturated carbocycles. The van der Waals surface area contributed by atoms with Crippen LogP contribution in [0.25, 0.3) is 10.9 Å². The van der Waals surface area contributed by atoms with Crippen molar-refractivity contribution in [2.75, 3.05) is 12.3 Å². The highest BCUT2D eigenvalue weighted by atomic mass is 16.5. The molecule has 1 aromatic heterocycles. The van der Waals surface area contributed by atoms with Crippen molar-refractivity contribution in [1.82, 2.24) is 9.78 Å². The fraction of sp³-hybridized carbons (Fsp3) is 0.462. The number of hydrogen-bond donors (Lipinski definition) is 1. The molecule has 1 aliphatic rings. The molecule has 1 aliphatic heterocycles. The van der Waals surface area contributed by atoms with Gasteiger partial charge in [-0.3, -0.25) is 4.68 Å². The Labute approximate surface area is 100 Å². The fourth-order valence-corrected chi connectivity index (χ4v) is 2.44. The van der Waals surface area contributed by atoms with E-state index < -0.39 is 0 Å². The SMILES string of the molecule is Nc1nn(CC2CCCCO2)c2ccccc12. The van der Waals surface area contributed by atoms with Gasteiger partial charge in [0.05, 0.1) is 18.2 Å². The van der Waals surface area contributed by atoms with Crippen molar-refractivity contribution in [2.24, 2.45) is 0 Å². The number of fused-ring (bicyclic) bond motifs is 1. The lowest BCUT2D eigenvalue weighted by atomic mass is 10.1. The summed E-state index contributed by atoms with van der Waals surface area (Å²) < 4.78 is 7.71. The number of hydrogen-bond acceptors (Lipinski definition) is 3. The van der Waals surface area contributed by atoms with Crippen molar-refractivity contribution in [3.8, 4) is 0 Å². The number of para-hydroxylation sites is 1. The molecule has 0 radical (unpaired) electrons. The number of rotatable bonds is 2. The van der Waals surface area contributed by atoms with Crippen molar-refractivity contribution in [3.05, 3.63) is 24.3 Å². The van der Waals surface area contributed by atoms with Crippen LogP contribution in [-0.4, -0.2) is 22.5 Å². The average Bonchev–Trinajstić information content (AvgIpc) is 2.69. The molecule has 2 aromatic rings. The van der Waals surface area contributed by atoms with Crippen LogP contribution in [0.2, 0.25) is 0 Å². The number of nitrogen functional groups attached to an aromatic ring is 1. The maximum atomic E-state index is 5.91. The van der Waals surface area contributed by atoms with Gasteiger partial charge >= 0.3 is 0 Å². The molecule has 4 nitrogen and oxygen atoms in total. The molecule has 1 unspecified atom stereocenters. The van der Waals surface area contributed by atoms with Crippen molar-refractivity contribution in [3.63, 3.8) is 0 Å². The van der Waals surface area contributed by atoms with Gasteiger partial charge in [0, 0.05) is 12.0 Å². The van der Waals surface area contributed by atoms with E-state index in [1.165, 1.54) is 12.8 Å². The van der Waals surface area contributed by atoms with Crippen LogP contribution >= 0.6 is 0 Å². The molecule has 2 heterocycles. The first-order valence-electron chi connectivity index (χ1n) is 6.17. The highest BCUT2D eigenvalue weighted by molar-refractivity contribution is 5.88. The molecular formula is C13H17N3O. The van der Waals surface area contributed by atoms with Gasteiger partial charge in [0.1, 0.15) is 0 Å². The van der Waals surface area contributed by atoms with Crippen LogP contribution in [0.15, 0.2) is 24.3 Å². The lowest BCUT2D eigenvalue weighted by Crippen LogP contribution is -2.24. The Bertz CT molecular complexity index is 514. The van der Waals surface area contributed by atoms with Gasteiger partial charge in [-0.15, -0.1) is 0 Å². The third-order valence-electron chi connectivity index (χ3n) is 3.34. The summed E-state index contributed by atoms with van der Waals surface area (Å²) in [7, 11) is 0. The van der Waals surface area contributed by atoms with Gasteiger partial charge in [-0.25, -0.2) is 0 Å². The summed E-state index contributed by atoms with van der Waals surface area (Å²) in [5, 5.41) is 5.43. The van der Waals surface area contributed by atoms with E-state index in [0.717, 1.165) is 30.5 Å². The zero-order valence-corrected chi connectivity index (χ0v) is 9.80. The van der Waals surface area contributed by atoms with Gasteiger partial charge in [-0.05, 0) is 31.4 Å². The molecule has 0 bridgehead atoms. The molecular weight excluding hydrogens is 214 g/mol. The summed E-state index contributed by atoms with van der Waals surface area (Å²) in [6.45, 7) is 1.68. The van der Waals surface area contributed by atoms with Gasteiger partial charge < -0.3 is 10.5 Å². The largest absolute Gasteiger partial charge is 0.382 e. The van der Waals surface area contributed by atoms with E-state index in [1.807, 2.05) is 22.9 Å². The van der Waals surface area contributed by atoms with Gasteiger partial charge in [0.2, 0.25) is 0 Å². The second-order valence-corrected chi connectivity index (χ2v) is 4.57. The topological polar surface area (TPSA) is 53.1 Å². The number of aromatic nitrogens is 2. The molecule has 1 aromatic carbocycles. The van der Waals surface area contributed by atoms with Gasteiger partial charge in [0.25, 0.3) is 0 Å². The first-order chi connectivity index (χ1) is 8.34. The second kappa shape index (κ2) is 4.37. The molecule has 4 heteroatoms. The number of anilines is 1. The Morgan fingerprint density at radius 2 is 2.24 bits per heavy atom. The first kappa shape index (κ1) is 10.6. The van der Waals surface area contributed by atoms with Crippen molar-refractivity contribution in [2.45, 2.75) is 31.9 Å². The van der Waals surface area contributed by atoms with Crippen LogP contribution in [0, 0.1) is 0 Å². The Morgan fingerprint density at radius 3 is 3.06 bits per heavy atom. The number of nitrogens with zero attached hydrogens (tertiary/aromatic N) is 2. The number of benzene rings is 1. The maximum Gasteiger partial charge on any atom is 0.153 e. The molecule has 1 saturated heterocycles. The van der Waals surface area contributed by atoms with Crippen LogP contribution in [-0.2, 0) is 11.3 Å². The van der Waals surface area contributed by atoms with E-state index in [-0.39, 0.29) is 6.10 Å². The van der Waals surface area contributed by atoms with E-state index in [0.29, 0.717) is 5.82 Å². The van der Waals surface area contributed by atoms with Crippen LogP contribution in [0.1, 0.15) is 19.3 Å². The lowest BCUT2D eigenvalue weighted by Gasteiger charge is -2.22. The molecule has 90 valence electrons. The van der Waals surface area contributed by atoms with E-state index in [1.54, 1.807) is 0 Å². The summed E-state index contributed by atoms with van der Waals surface area (Å²) in [6.07, 6.45) is 3.83. The molecule has 0 aliphatic carbocycles. The van der Waals surface area contributed by atoms with Crippen LogP contribution in [0.5, 0.6) is 0 Å². The summed E-state index contributed by atoms with van der Waals surface area (Å²) in [5.74, 6) is 0.608. The van der Waals surface area contributed by atoms with Crippen LogP contribution in [0.4, 0.5) is 5.82 Å². The van der Waals surface area contributed by atoms with Crippen molar-refractivity contribution < 1.29 is 4.74 Å². The van der Waals surface area contributed by atoms with E-state index in [4.69, 9.17) is 10.5 Å². The zero-order chi connectivity index (χ0) is 11.7. The average molecular weight is 231 g/mol. The van der Waals surface area contributed by atoms with Gasteiger partial charge in [0.15, 0.2) is 5.82 Å². The molecule has 0 amide bonds. The standard InChI is InChI=1S/C13H17N3O/c14-13-11-6-1-2-7-12(11)16(15-13)9-10-5-3-4-8-17-10/h1-2,6-7,10H,3-5,8-9H2,(H2,14,15). The Kier molecular flexibility index (Phi) is 2.73. The normalized spacial score (nSPS) is 20.8. The summed E-state index contributed by atoms with van der Waals surface area (Å²) >= 11 is 0. The van der Waals surface area contributed by atoms with Gasteiger partial charge in [-0.1, -0.05) is 12.1 Å². The van der Waals surface area contributed by atoms with E-state index >= 15 is 0 Å². The maximum absolute atomic E-state index is 5.91. The molecule has 3 rings (SSSR count). The van der Waals surface area contributed by atoms with Crippen molar-refractivity contribution >= 4 is 16.7 Å². The zero-order valence-electron chi connectivity index (χ0n) is 9.80. The smallest absolute Gasteiger partial charge is 0.153 e. The molecule has 2 N–H and O–H groups in total. The van der Waals surface area contributed by atoms with Crippen LogP contribution in [0.3, 0.4) is 0 Å². The number of nitrogens with two attached hydrogens (primary N) is 1. The monoisotopic (exact) mass is 231 g/mol. The Balaban J connectivity index is 1.89. The second-order valence-electron chi connectivity index (χ2n) is 4.57. The van der Waals surface area contributed by atoms with E-state index in [9.17, 15) is 0 Å². The highest BCUT2D eigenvalue weighted by Crippen LogP contribution is 2.22. The Hall–Kier alpha value is -1.55. The third kappa shape index (κ3) is 2.00. The minimum atomic E-state index is 0.284. The molecule has 1 fully saturated rings. The molecule has 17 heavy (non-hydrogen) atoms.